The van der Waals surface area contributed by atoms with E-state index in [1.165, 1.54) is 0 Å². The van der Waals surface area contributed by atoms with Crippen LogP contribution in [-0.2, 0) is 24.5 Å². The predicted octanol–water partition coefficient (Wildman–Crippen LogP) is 0.107. The summed E-state index contributed by atoms with van der Waals surface area (Å²) in [7, 11) is -8.17. The van der Waals surface area contributed by atoms with E-state index in [0.717, 1.165) is 18.4 Å². The molecule has 1 rings (SSSR count). The first kappa shape index (κ1) is 17.5. The lowest BCUT2D eigenvalue weighted by atomic mass is 10.0. The van der Waals surface area contributed by atoms with E-state index in [9.17, 15) is 26.0 Å². The van der Waals surface area contributed by atoms with Crippen molar-refractivity contribution in [2.24, 2.45) is 5.73 Å². The summed E-state index contributed by atoms with van der Waals surface area (Å²) in [4.78, 5) is 8.90. The maximum Gasteiger partial charge on any atom is 0.305 e. The van der Waals surface area contributed by atoms with E-state index >= 15 is 0 Å². The number of rotatable bonds is 5. The molecule has 1 aromatic rings. The summed E-state index contributed by atoms with van der Waals surface area (Å²) < 4.78 is 60.4. The van der Waals surface area contributed by atoms with Crippen molar-refractivity contribution in [2.45, 2.75) is 22.3 Å². The van der Waals surface area contributed by atoms with Crippen molar-refractivity contribution < 1.29 is 31.1 Å². The highest BCUT2D eigenvalue weighted by Gasteiger charge is 2.27. The summed E-state index contributed by atoms with van der Waals surface area (Å²) in [5.41, 5.74) is 5.44. The van der Waals surface area contributed by atoms with Crippen molar-refractivity contribution >= 4 is 25.6 Å². The molecule has 10 heteroatoms. The molecule has 1 atom stereocenters. The lowest BCUT2D eigenvalue weighted by molar-refractivity contribution is -0.137. The maximum absolute atomic E-state index is 14.0. The zero-order valence-corrected chi connectivity index (χ0v) is 12.8. The van der Waals surface area contributed by atoms with Gasteiger partial charge in [-0.05, 0) is 17.7 Å². The Morgan fingerprint density at radius 2 is 1.76 bits per heavy atom. The topological polar surface area (TPSA) is 132 Å². The molecule has 118 valence electrons. The average molecular weight is 339 g/mol. The summed E-state index contributed by atoms with van der Waals surface area (Å²) in [5, 5.41) is 8.64. The van der Waals surface area contributed by atoms with Gasteiger partial charge in [0.05, 0.1) is 11.3 Å². The van der Waals surface area contributed by atoms with Crippen molar-refractivity contribution in [2.75, 3.05) is 12.5 Å². The first-order chi connectivity index (χ1) is 9.34. The first-order valence-electron chi connectivity index (χ1n) is 5.55. The fourth-order valence-corrected chi connectivity index (χ4v) is 4.27. The fraction of sp³-hybridized carbons (Fsp3) is 0.364. The minimum Gasteiger partial charge on any atom is -0.481 e. The Morgan fingerprint density at radius 1 is 1.24 bits per heavy atom. The number of carbonyl (C=O) groups is 1. The van der Waals surface area contributed by atoms with Crippen molar-refractivity contribution in [3.8, 4) is 0 Å². The van der Waals surface area contributed by atoms with E-state index in [2.05, 4.69) is 0 Å². The van der Waals surface area contributed by atoms with Crippen LogP contribution in [0.25, 0.3) is 0 Å². The van der Waals surface area contributed by atoms with Crippen molar-refractivity contribution in [1.82, 2.24) is 0 Å². The molecule has 0 aliphatic heterocycles. The molecule has 1 aromatic carbocycles. The predicted molar refractivity (Wildman–Crippen MR) is 71.8 cm³/mol. The molecular weight excluding hydrogens is 325 g/mol. The minimum atomic E-state index is -4.12. The van der Waals surface area contributed by atoms with Gasteiger partial charge < -0.3 is 10.8 Å². The standard InChI is InChI=1S/C11H14FNO6S2/c1-20(16,17)9-4-6(8(13)5-10(14)15)3-7(12)11(9)21(2,18)19/h3-4,8H,5,13H2,1-2H3,(H,14,15). The van der Waals surface area contributed by atoms with Crippen molar-refractivity contribution in [3.63, 3.8) is 0 Å². The molecule has 0 fully saturated rings. The van der Waals surface area contributed by atoms with Gasteiger partial charge in [0.25, 0.3) is 0 Å². The normalized spacial score (nSPS) is 13.9. The van der Waals surface area contributed by atoms with Crippen LogP contribution in [0.15, 0.2) is 21.9 Å². The summed E-state index contributed by atoms with van der Waals surface area (Å²) >= 11 is 0. The molecule has 0 aliphatic carbocycles. The number of nitrogens with two attached hydrogens (primary N) is 1. The molecule has 0 aromatic heterocycles. The highest BCUT2D eigenvalue weighted by atomic mass is 32.2. The summed E-state index contributed by atoms with van der Waals surface area (Å²) in [5.74, 6) is -2.53. The monoisotopic (exact) mass is 339 g/mol. The van der Waals surface area contributed by atoms with Gasteiger partial charge in [-0.25, -0.2) is 21.2 Å². The van der Waals surface area contributed by atoms with Gasteiger partial charge in [-0.1, -0.05) is 0 Å². The molecule has 0 radical (unpaired) electrons. The number of hydrogen-bond donors (Lipinski definition) is 2. The van der Waals surface area contributed by atoms with Crippen LogP contribution in [0.2, 0.25) is 0 Å². The minimum absolute atomic E-state index is 0.109. The number of hydrogen-bond acceptors (Lipinski definition) is 6. The van der Waals surface area contributed by atoms with Crippen LogP contribution in [0.3, 0.4) is 0 Å². The second-order valence-corrected chi connectivity index (χ2v) is 8.52. The maximum atomic E-state index is 14.0. The van der Waals surface area contributed by atoms with Crippen LogP contribution >= 0.6 is 0 Å². The molecule has 0 spiro atoms. The third-order valence-corrected chi connectivity index (χ3v) is 5.03. The largest absolute Gasteiger partial charge is 0.481 e. The van der Waals surface area contributed by atoms with E-state index in [0.29, 0.717) is 6.26 Å². The van der Waals surface area contributed by atoms with Gasteiger partial charge in [0, 0.05) is 18.6 Å². The van der Waals surface area contributed by atoms with Gasteiger partial charge in [-0.3, -0.25) is 4.79 Å². The second-order valence-electron chi connectivity index (χ2n) is 4.58. The number of benzene rings is 1. The van der Waals surface area contributed by atoms with Gasteiger partial charge in [-0.15, -0.1) is 0 Å². The molecule has 21 heavy (non-hydrogen) atoms. The third-order valence-electron chi connectivity index (χ3n) is 2.62. The van der Waals surface area contributed by atoms with E-state index in [1.54, 1.807) is 0 Å². The van der Waals surface area contributed by atoms with E-state index < -0.39 is 53.7 Å². The zero-order chi connectivity index (χ0) is 16.6. The Labute approximate surface area is 121 Å². The zero-order valence-electron chi connectivity index (χ0n) is 11.2. The molecule has 0 heterocycles. The quantitative estimate of drug-likeness (QED) is 0.778. The molecule has 0 bridgehead atoms. The number of carboxylic acids is 1. The van der Waals surface area contributed by atoms with Gasteiger partial charge in [0.1, 0.15) is 10.7 Å². The lowest BCUT2D eigenvalue weighted by Gasteiger charge is -2.14. The number of sulfone groups is 2. The third kappa shape index (κ3) is 4.22. The van der Waals surface area contributed by atoms with Gasteiger partial charge in [0.15, 0.2) is 19.7 Å². The molecular formula is C11H14FNO6S2. The number of halogens is 1. The molecule has 0 amide bonds. The highest BCUT2D eigenvalue weighted by molar-refractivity contribution is 7.93. The Hall–Kier alpha value is -1.52. The van der Waals surface area contributed by atoms with Crippen LogP contribution < -0.4 is 5.73 Å². The van der Waals surface area contributed by atoms with Crippen LogP contribution in [-0.4, -0.2) is 40.4 Å². The fourth-order valence-electron chi connectivity index (χ4n) is 1.74. The summed E-state index contributed by atoms with van der Waals surface area (Å²) in [6, 6.07) is 0.465. The Kier molecular flexibility index (Phi) is 4.76. The number of carboxylic acid groups (broad SMARTS) is 1. The summed E-state index contributed by atoms with van der Waals surface area (Å²) in [6.45, 7) is 0. The van der Waals surface area contributed by atoms with Crippen LogP contribution in [0.4, 0.5) is 4.39 Å². The Balaban J connectivity index is 3.65. The molecule has 0 saturated heterocycles. The van der Waals surface area contributed by atoms with Crippen LogP contribution in [0.1, 0.15) is 18.0 Å². The van der Waals surface area contributed by atoms with Gasteiger partial charge in [0.2, 0.25) is 0 Å². The van der Waals surface area contributed by atoms with Crippen molar-refractivity contribution in [1.29, 1.82) is 0 Å². The summed E-state index contributed by atoms with van der Waals surface area (Å²) in [6.07, 6.45) is 0.848. The van der Waals surface area contributed by atoms with E-state index in [1.807, 2.05) is 0 Å². The SMILES string of the molecule is CS(=O)(=O)c1cc(C(N)CC(=O)O)cc(F)c1S(C)(=O)=O. The lowest BCUT2D eigenvalue weighted by Crippen LogP contribution is -2.18. The Bertz CT molecular complexity index is 785. The molecule has 7 nitrogen and oxygen atoms in total. The van der Waals surface area contributed by atoms with Crippen LogP contribution in [0.5, 0.6) is 0 Å². The molecule has 0 saturated carbocycles. The second kappa shape index (κ2) is 5.70. The van der Waals surface area contributed by atoms with Crippen LogP contribution in [0, 0.1) is 5.82 Å². The smallest absolute Gasteiger partial charge is 0.305 e. The molecule has 3 N–H and O–H groups in total. The van der Waals surface area contributed by atoms with Crippen molar-refractivity contribution in [3.05, 3.63) is 23.5 Å². The first-order valence-corrected chi connectivity index (χ1v) is 9.33. The Morgan fingerprint density at radius 3 is 2.14 bits per heavy atom. The average Bonchev–Trinajstić information content (AvgIpc) is 2.23. The molecule has 1 unspecified atom stereocenters. The van der Waals surface area contributed by atoms with Gasteiger partial charge >= 0.3 is 5.97 Å². The number of aliphatic carboxylic acids is 1. The van der Waals surface area contributed by atoms with E-state index in [4.69, 9.17) is 10.8 Å². The van der Waals surface area contributed by atoms with E-state index in [-0.39, 0.29) is 5.56 Å². The molecule has 0 aliphatic rings. The van der Waals surface area contributed by atoms with Gasteiger partial charge in [-0.2, -0.15) is 0 Å². The highest BCUT2D eigenvalue weighted by Crippen LogP contribution is 2.28.